The average molecular weight is 269 g/mol. The molecule has 0 aliphatic carbocycles. The van der Waals surface area contributed by atoms with Gasteiger partial charge >= 0.3 is 24.1 Å². The molecule has 0 spiro atoms. The fourth-order valence-electron chi connectivity index (χ4n) is 0.927. The zero-order chi connectivity index (χ0) is 13.2. The van der Waals surface area contributed by atoms with E-state index in [2.05, 4.69) is 9.72 Å². The van der Waals surface area contributed by atoms with Crippen LogP contribution in [0.4, 0.5) is 14.5 Å². The number of hydrogen-bond donors (Lipinski definition) is 1. The Hall–Kier alpha value is -2.03. The Bertz CT molecular complexity index is 482. The van der Waals surface area contributed by atoms with Crippen LogP contribution in [-0.2, 0) is 0 Å². The summed E-state index contributed by atoms with van der Waals surface area (Å²) in [5, 5.41) is 18.4. The van der Waals surface area contributed by atoms with Gasteiger partial charge in [-0.25, -0.2) is 4.79 Å². The third-order valence-electron chi connectivity index (χ3n) is 1.52. The summed E-state index contributed by atoms with van der Waals surface area (Å²) in [5.41, 5.74) is -1.76. The highest BCUT2D eigenvalue weighted by Crippen LogP contribution is 2.34. The molecule has 0 bridgehead atoms. The van der Waals surface area contributed by atoms with E-state index in [1.54, 1.807) is 0 Å². The van der Waals surface area contributed by atoms with Gasteiger partial charge in [0.25, 0.3) is 0 Å². The van der Waals surface area contributed by atoms with E-state index in [-0.39, 0.29) is 0 Å². The normalized spacial score (nSPS) is 10.4. The van der Waals surface area contributed by atoms with Gasteiger partial charge in [0, 0.05) is 0 Å². The number of carboxylic acid groups (broad SMARTS) is 1. The Morgan fingerprint density at radius 2 is 2.24 bits per heavy atom. The molecule has 1 aromatic heterocycles. The van der Waals surface area contributed by atoms with Crippen LogP contribution in [0, 0.1) is 10.1 Å². The molecule has 0 saturated heterocycles. The minimum absolute atomic E-state index is 0.655. The summed E-state index contributed by atoms with van der Waals surface area (Å²) >= 11 is 5.39. The van der Waals surface area contributed by atoms with Crippen LogP contribution in [0.25, 0.3) is 0 Å². The molecule has 0 atom stereocenters. The first-order valence-corrected chi connectivity index (χ1v) is 4.23. The maximum atomic E-state index is 12.0. The zero-order valence-corrected chi connectivity index (χ0v) is 8.52. The Labute approximate surface area is 96.7 Å². The van der Waals surface area contributed by atoms with Crippen LogP contribution in [0.3, 0.4) is 0 Å². The van der Waals surface area contributed by atoms with Gasteiger partial charge < -0.3 is 9.84 Å². The number of aromatic nitrogens is 1. The molecule has 1 rings (SSSR count). The highest BCUT2D eigenvalue weighted by Gasteiger charge is 2.27. The molecule has 0 radical (unpaired) electrons. The van der Waals surface area contributed by atoms with Crippen molar-refractivity contribution in [1.29, 1.82) is 0 Å². The standard InChI is InChI=1S/C7H3ClF2N2O5/c8-2-1-3(6(13)14)11-5(17-7(9)10)4(2)12(15)16/h1,7H,(H,13,14). The molecule has 17 heavy (non-hydrogen) atoms. The second kappa shape index (κ2) is 4.87. The van der Waals surface area contributed by atoms with Crippen molar-refractivity contribution >= 4 is 23.3 Å². The Morgan fingerprint density at radius 3 is 2.65 bits per heavy atom. The molecule has 0 unspecified atom stereocenters. The lowest BCUT2D eigenvalue weighted by molar-refractivity contribution is -0.386. The maximum absolute atomic E-state index is 12.0. The van der Waals surface area contributed by atoms with Crippen molar-refractivity contribution < 1.29 is 28.3 Å². The first-order chi connectivity index (χ1) is 7.82. The summed E-state index contributed by atoms with van der Waals surface area (Å²) < 4.78 is 27.7. The second-order valence-corrected chi connectivity index (χ2v) is 2.99. The molecule has 0 amide bonds. The van der Waals surface area contributed by atoms with Gasteiger partial charge in [0.1, 0.15) is 5.02 Å². The maximum Gasteiger partial charge on any atom is 0.388 e. The van der Waals surface area contributed by atoms with Crippen LogP contribution in [0.5, 0.6) is 5.88 Å². The van der Waals surface area contributed by atoms with E-state index < -0.39 is 39.8 Å². The molecule has 0 fully saturated rings. The average Bonchev–Trinajstić information content (AvgIpc) is 2.14. The van der Waals surface area contributed by atoms with Gasteiger partial charge in [-0.15, -0.1) is 0 Å². The van der Waals surface area contributed by atoms with E-state index in [0.29, 0.717) is 6.07 Å². The second-order valence-electron chi connectivity index (χ2n) is 2.58. The third-order valence-corrected chi connectivity index (χ3v) is 1.80. The van der Waals surface area contributed by atoms with Crippen molar-refractivity contribution in [2.24, 2.45) is 0 Å². The number of pyridine rings is 1. The van der Waals surface area contributed by atoms with Crippen molar-refractivity contribution in [3.8, 4) is 5.88 Å². The molecular formula is C7H3ClF2N2O5. The van der Waals surface area contributed by atoms with Crippen molar-refractivity contribution in [3.05, 3.63) is 26.9 Å². The molecular weight excluding hydrogens is 266 g/mol. The lowest BCUT2D eigenvalue weighted by atomic mass is 10.3. The number of aromatic carboxylic acids is 1. The molecule has 0 saturated carbocycles. The van der Waals surface area contributed by atoms with E-state index >= 15 is 0 Å². The largest absolute Gasteiger partial charge is 0.477 e. The van der Waals surface area contributed by atoms with E-state index in [1.807, 2.05) is 0 Å². The number of hydrogen-bond acceptors (Lipinski definition) is 5. The topological polar surface area (TPSA) is 103 Å². The van der Waals surface area contributed by atoms with Crippen molar-refractivity contribution in [2.45, 2.75) is 6.61 Å². The molecule has 10 heteroatoms. The lowest BCUT2D eigenvalue weighted by Gasteiger charge is -2.06. The molecule has 0 aliphatic rings. The highest BCUT2D eigenvalue weighted by atomic mass is 35.5. The highest BCUT2D eigenvalue weighted by molar-refractivity contribution is 6.33. The predicted molar refractivity (Wildman–Crippen MR) is 49.5 cm³/mol. The van der Waals surface area contributed by atoms with Gasteiger partial charge in [-0.1, -0.05) is 11.6 Å². The monoisotopic (exact) mass is 268 g/mol. The number of nitro groups is 1. The van der Waals surface area contributed by atoms with Crippen molar-refractivity contribution in [3.63, 3.8) is 0 Å². The number of halogens is 3. The quantitative estimate of drug-likeness (QED) is 0.661. The SMILES string of the molecule is O=C(O)c1cc(Cl)c([N+](=O)[O-])c(OC(F)F)n1. The van der Waals surface area contributed by atoms with Gasteiger partial charge in [-0.05, 0) is 6.07 Å². The molecule has 1 aromatic rings. The lowest BCUT2D eigenvalue weighted by Crippen LogP contribution is -2.10. The molecule has 92 valence electrons. The zero-order valence-electron chi connectivity index (χ0n) is 7.76. The molecule has 1 N–H and O–H groups in total. The fraction of sp³-hybridized carbons (Fsp3) is 0.143. The summed E-state index contributed by atoms with van der Waals surface area (Å²) in [5.74, 6) is -2.73. The van der Waals surface area contributed by atoms with Crippen LogP contribution in [0.1, 0.15) is 10.5 Å². The number of nitrogens with zero attached hydrogens (tertiary/aromatic N) is 2. The smallest absolute Gasteiger partial charge is 0.388 e. The first kappa shape index (κ1) is 13.0. The summed E-state index contributed by atoms with van der Waals surface area (Å²) in [6.07, 6.45) is 0. The predicted octanol–water partition coefficient (Wildman–Crippen LogP) is 1.94. The Morgan fingerprint density at radius 1 is 1.65 bits per heavy atom. The van der Waals surface area contributed by atoms with Crippen LogP contribution in [0.2, 0.25) is 5.02 Å². The van der Waals surface area contributed by atoms with Crippen LogP contribution in [0.15, 0.2) is 6.07 Å². The van der Waals surface area contributed by atoms with Gasteiger partial charge in [-0.2, -0.15) is 13.8 Å². The van der Waals surface area contributed by atoms with Crippen molar-refractivity contribution in [1.82, 2.24) is 4.98 Å². The van der Waals surface area contributed by atoms with Gasteiger partial charge in [-0.3, -0.25) is 10.1 Å². The molecule has 0 aromatic carbocycles. The molecule has 7 nitrogen and oxygen atoms in total. The number of ether oxygens (including phenoxy) is 1. The van der Waals surface area contributed by atoms with Gasteiger partial charge in [0.05, 0.1) is 4.92 Å². The van der Waals surface area contributed by atoms with Gasteiger partial charge in [0.15, 0.2) is 5.69 Å². The number of alkyl halides is 2. The third kappa shape index (κ3) is 2.97. The summed E-state index contributed by atoms with van der Waals surface area (Å²) in [7, 11) is 0. The molecule has 0 aliphatic heterocycles. The number of carboxylic acids is 1. The minimum Gasteiger partial charge on any atom is -0.477 e. The molecule has 1 heterocycles. The van der Waals surface area contributed by atoms with Crippen LogP contribution < -0.4 is 4.74 Å². The Kier molecular flexibility index (Phi) is 3.73. The van der Waals surface area contributed by atoms with E-state index in [0.717, 1.165) is 0 Å². The van der Waals surface area contributed by atoms with E-state index in [1.165, 1.54) is 0 Å². The first-order valence-electron chi connectivity index (χ1n) is 3.86. The van der Waals surface area contributed by atoms with Crippen LogP contribution in [-0.4, -0.2) is 27.6 Å². The van der Waals surface area contributed by atoms with E-state index in [9.17, 15) is 23.7 Å². The number of carbonyl (C=O) groups is 1. The van der Waals surface area contributed by atoms with Gasteiger partial charge in [0.2, 0.25) is 0 Å². The van der Waals surface area contributed by atoms with Crippen LogP contribution >= 0.6 is 11.6 Å². The fourth-order valence-corrected chi connectivity index (χ4v) is 1.18. The summed E-state index contributed by atoms with van der Waals surface area (Å²) in [6, 6.07) is 0.667. The number of rotatable bonds is 4. The van der Waals surface area contributed by atoms with Crippen molar-refractivity contribution in [2.75, 3.05) is 0 Å². The summed E-state index contributed by atoms with van der Waals surface area (Å²) in [6.45, 7) is -3.39. The summed E-state index contributed by atoms with van der Waals surface area (Å²) in [4.78, 5) is 23.0. The van der Waals surface area contributed by atoms with E-state index in [4.69, 9.17) is 16.7 Å². The minimum atomic E-state index is -3.39. The Balaban J connectivity index is 3.39.